The van der Waals surface area contributed by atoms with Gasteiger partial charge in [-0.1, -0.05) is 0 Å². The van der Waals surface area contributed by atoms with Crippen molar-refractivity contribution in [3.05, 3.63) is 11.8 Å². The normalized spacial score (nSPS) is 10.6. The SMILES string of the molecule is CSc1ncnc2scnc12. The molecular weight excluding hydrogens is 178 g/mol. The van der Waals surface area contributed by atoms with Crippen LogP contribution in [0.15, 0.2) is 16.9 Å². The van der Waals surface area contributed by atoms with Crippen LogP contribution in [0.1, 0.15) is 0 Å². The van der Waals surface area contributed by atoms with Gasteiger partial charge in [-0.3, -0.25) is 0 Å². The average Bonchev–Trinajstić information content (AvgIpc) is 2.50. The first kappa shape index (κ1) is 7.00. The second kappa shape index (κ2) is 2.75. The molecule has 2 rings (SSSR count). The topological polar surface area (TPSA) is 38.7 Å². The molecule has 0 N–H and O–H groups in total. The maximum absolute atomic E-state index is 4.16. The third-order valence-corrected chi connectivity index (χ3v) is 2.71. The Hall–Kier alpha value is -0.680. The quantitative estimate of drug-likeness (QED) is 0.499. The number of hydrogen-bond donors (Lipinski definition) is 0. The second-order valence-electron chi connectivity index (χ2n) is 1.89. The lowest BCUT2D eigenvalue weighted by Gasteiger charge is -1.92. The van der Waals surface area contributed by atoms with E-state index < -0.39 is 0 Å². The van der Waals surface area contributed by atoms with E-state index in [0.717, 1.165) is 15.4 Å². The molecule has 0 aromatic carbocycles. The Morgan fingerprint density at radius 1 is 1.36 bits per heavy atom. The summed E-state index contributed by atoms with van der Waals surface area (Å²) in [6.45, 7) is 0. The molecule has 2 aromatic rings. The molecule has 0 bridgehead atoms. The molecule has 3 nitrogen and oxygen atoms in total. The number of thioether (sulfide) groups is 1. The van der Waals surface area contributed by atoms with Crippen LogP contribution in [-0.4, -0.2) is 21.2 Å². The molecule has 11 heavy (non-hydrogen) atoms. The van der Waals surface area contributed by atoms with Crippen LogP contribution >= 0.6 is 23.1 Å². The number of nitrogens with zero attached hydrogens (tertiary/aromatic N) is 3. The Bertz CT molecular complexity index is 371. The second-order valence-corrected chi connectivity index (χ2v) is 3.52. The Balaban J connectivity index is 2.79. The Kier molecular flexibility index (Phi) is 1.75. The summed E-state index contributed by atoms with van der Waals surface area (Å²) >= 11 is 3.14. The first-order valence-corrected chi connectivity index (χ1v) is 5.10. The van der Waals surface area contributed by atoms with Crippen LogP contribution in [0.4, 0.5) is 0 Å². The molecule has 2 heterocycles. The monoisotopic (exact) mass is 183 g/mol. The van der Waals surface area contributed by atoms with E-state index in [4.69, 9.17) is 0 Å². The van der Waals surface area contributed by atoms with Gasteiger partial charge in [0.25, 0.3) is 0 Å². The molecule has 0 saturated heterocycles. The first-order valence-electron chi connectivity index (χ1n) is 3.00. The van der Waals surface area contributed by atoms with E-state index in [9.17, 15) is 0 Å². The van der Waals surface area contributed by atoms with E-state index >= 15 is 0 Å². The minimum Gasteiger partial charge on any atom is -0.240 e. The molecule has 0 fully saturated rings. The standard InChI is InChI=1S/C6H5N3S2/c1-10-5-4-6(8-2-7-5)11-3-9-4/h2-3H,1H3. The first-order chi connectivity index (χ1) is 5.42. The molecule has 0 saturated carbocycles. The largest absolute Gasteiger partial charge is 0.240 e. The highest BCUT2D eigenvalue weighted by atomic mass is 32.2. The van der Waals surface area contributed by atoms with E-state index in [1.54, 1.807) is 34.9 Å². The maximum atomic E-state index is 4.16. The summed E-state index contributed by atoms with van der Waals surface area (Å²) in [7, 11) is 0. The Morgan fingerprint density at radius 2 is 2.27 bits per heavy atom. The maximum Gasteiger partial charge on any atom is 0.147 e. The zero-order valence-corrected chi connectivity index (χ0v) is 7.45. The number of fused-ring (bicyclic) bond motifs is 1. The summed E-state index contributed by atoms with van der Waals surface area (Å²) in [4.78, 5) is 13.3. The minimum atomic E-state index is 0.921. The van der Waals surface area contributed by atoms with Crippen LogP contribution in [0.3, 0.4) is 0 Å². The molecule has 0 aliphatic rings. The van der Waals surface area contributed by atoms with Gasteiger partial charge in [-0.05, 0) is 6.26 Å². The van der Waals surface area contributed by atoms with Gasteiger partial charge in [-0.15, -0.1) is 23.1 Å². The van der Waals surface area contributed by atoms with Gasteiger partial charge >= 0.3 is 0 Å². The van der Waals surface area contributed by atoms with Crippen LogP contribution in [0.2, 0.25) is 0 Å². The highest BCUT2D eigenvalue weighted by molar-refractivity contribution is 7.98. The third kappa shape index (κ3) is 1.10. The van der Waals surface area contributed by atoms with Crippen molar-refractivity contribution in [3.8, 4) is 0 Å². The summed E-state index contributed by atoms with van der Waals surface area (Å²) < 4.78 is 0. The van der Waals surface area contributed by atoms with Crippen LogP contribution in [0, 0.1) is 0 Å². The summed E-state index contributed by atoms with van der Waals surface area (Å²) in [5.74, 6) is 0. The fraction of sp³-hybridized carbons (Fsp3) is 0.167. The van der Waals surface area contributed by atoms with Crippen LogP contribution < -0.4 is 0 Å². The van der Waals surface area contributed by atoms with Gasteiger partial charge < -0.3 is 0 Å². The smallest absolute Gasteiger partial charge is 0.147 e. The van der Waals surface area contributed by atoms with Crippen molar-refractivity contribution in [2.75, 3.05) is 6.26 Å². The lowest BCUT2D eigenvalue weighted by Crippen LogP contribution is -1.82. The zero-order chi connectivity index (χ0) is 7.68. The summed E-state index contributed by atoms with van der Waals surface area (Å²) in [5, 5.41) is 0.955. The van der Waals surface area contributed by atoms with Gasteiger partial charge in [0.2, 0.25) is 0 Å². The van der Waals surface area contributed by atoms with Crippen molar-refractivity contribution in [3.63, 3.8) is 0 Å². The fourth-order valence-corrected chi connectivity index (χ4v) is 2.01. The number of thiazole rings is 1. The highest BCUT2D eigenvalue weighted by Gasteiger charge is 2.03. The number of aromatic nitrogens is 3. The Morgan fingerprint density at radius 3 is 3.09 bits per heavy atom. The van der Waals surface area contributed by atoms with E-state index in [2.05, 4.69) is 15.0 Å². The summed E-state index contributed by atoms with van der Waals surface area (Å²) in [5.41, 5.74) is 2.71. The molecule has 2 aromatic heterocycles. The van der Waals surface area contributed by atoms with Crippen LogP contribution in [0.25, 0.3) is 10.3 Å². The highest BCUT2D eigenvalue weighted by Crippen LogP contribution is 2.22. The average molecular weight is 183 g/mol. The van der Waals surface area contributed by atoms with E-state index in [1.165, 1.54) is 0 Å². The van der Waals surface area contributed by atoms with Crippen molar-refractivity contribution in [1.82, 2.24) is 15.0 Å². The third-order valence-electron chi connectivity index (χ3n) is 1.29. The van der Waals surface area contributed by atoms with Crippen molar-refractivity contribution < 1.29 is 0 Å². The van der Waals surface area contributed by atoms with E-state index in [0.29, 0.717) is 0 Å². The van der Waals surface area contributed by atoms with Crippen molar-refractivity contribution >= 4 is 33.4 Å². The van der Waals surface area contributed by atoms with Crippen LogP contribution in [-0.2, 0) is 0 Å². The van der Waals surface area contributed by atoms with Gasteiger partial charge in [0.15, 0.2) is 0 Å². The Labute approximate surface area is 71.9 Å². The van der Waals surface area contributed by atoms with E-state index in [-0.39, 0.29) is 0 Å². The molecule has 0 aliphatic carbocycles. The lowest BCUT2D eigenvalue weighted by molar-refractivity contribution is 1.09. The number of rotatable bonds is 1. The van der Waals surface area contributed by atoms with Gasteiger partial charge in [0.05, 0.1) is 5.51 Å². The van der Waals surface area contributed by atoms with Crippen molar-refractivity contribution in [1.29, 1.82) is 0 Å². The molecule has 0 aliphatic heterocycles. The molecule has 0 spiro atoms. The zero-order valence-electron chi connectivity index (χ0n) is 5.81. The molecule has 0 amide bonds. The van der Waals surface area contributed by atoms with Crippen LogP contribution in [0.5, 0.6) is 0 Å². The predicted molar refractivity (Wildman–Crippen MR) is 47.0 cm³/mol. The van der Waals surface area contributed by atoms with Crippen molar-refractivity contribution in [2.45, 2.75) is 5.03 Å². The van der Waals surface area contributed by atoms with Gasteiger partial charge in [-0.25, -0.2) is 15.0 Å². The van der Waals surface area contributed by atoms with Gasteiger partial charge in [-0.2, -0.15) is 0 Å². The predicted octanol–water partition coefficient (Wildman–Crippen LogP) is 1.81. The minimum absolute atomic E-state index is 0.921. The molecular formula is C6H5N3S2. The summed E-state index contributed by atoms with van der Waals surface area (Å²) in [6.07, 6.45) is 3.56. The lowest BCUT2D eigenvalue weighted by atomic mass is 10.6. The van der Waals surface area contributed by atoms with Crippen molar-refractivity contribution in [2.24, 2.45) is 0 Å². The van der Waals surface area contributed by atoms with Gasteiger partial charge in [0, 0.05) is 0 Å². The number of hydrogen-bond acceptors (Lipinski definition) is 5. The fourth-order valence-electron chi connectivity index (χ4n) is 0.823. The van der Waals surface area contributed by atoms with Gasteiger partial charge in [0.1, 0.15) is 21.7 Å². The summed E-state index contributed by atoms with van der Waals surface area (Å²) in [6, 6.07) is 0. The molecule has 0 unspecified atom stereocenters. The van der Waals surface area contributed by atoms with E-state index in [1.807, 2.05) is 6.26 Å². The molecule has 0 atom stereocenters. The molecule has 0 radical (unpaired) electrons. The molecule has 5 heteroatoms. The molecule has 56 valence electrons.